The van der Waals surface area contributed by atoms with Crippen molar-refractivity contribution in [3.8, 4) is 0 Å². The molecule has 2 aromatic heterocycles. The Bertz CT molecular complexity index is 523. The van der Waals surface area contributed by atoms with Gasteiger partial charge in [0.2, 0.25) is 0 Å². The summed E-state index contributed by atoms with van der Waals surface area (Å²) < 4.78 is 2.21. The third-order valence-corrected chi connectivity index (χ3v) is 3.16. The van der Waals surface area contributed by atoms with Crippen LogP contribution in [0.5, 0.6) is 0 Å². The van der Waals surface area contributed by atoms with Crippen molar-refractivity contribution in [2.75, 3.05) is 5.32 Å². The fourth-order valence-electron chi connectivity index (χ4n) is 2.21. The predicted octanol–water partition coefficient (Wildman–Crippen LogP) is 2.78. The molecule has 1 fully saturated rings. The molecule has 0 amide bonds. The number of rotatable bonds is 3. The molecule has 1 saturated carbocycles. The first-order chi connectivity index (χ1) is 7.79. The molecule has 3 nitrogen and oxygen atoms in total. The first-order valence-electron chi connectivity index (χ1n) is 6.02. The third kappa shape index (κ3) is 1.47. The molecule has 0 bridgehead atoms. The van der Waals surface area contributed by atoms with Crippen LogP contribution in [0.25, 0.3) is 5.52 Å². The number of aryl methyl sites for hydroxylation is 2. The zero-order chi connectivity index (χ0) is 11.1. The number of pyridine rings is 1. The third-order valence-electron chi connectivity index (χ3n) is 3.16. The van der Waals surface area contributed by atoms with Crippen molar-refractivity contribution in [2.24, 2.45) is 0 Å². The first kappa shape index (κ1) is 9.70. The van der Waals surface area contributed by atoms with Crippen LogP contribution in [0.4, 0.5) is 5.69 Å². The van der Waals surface area contributed by atoms with Crippen LogP contribution < -0.4 is 5.32 Å². The number of hydrogen-bond donors (Lipinski definition) is 1. The Kier molecular flexibility index (Phi) is 2.13. The van der Waals surface area contributed by atoms with Gasteiger partial charge in [0.1, 0.15) is 5.82 Å². The van der Waals surface area contributed by atoms with E-state index in [1.54, 1.807) is 0 Å². The topological polar surface area (TPSA) is 29.3 Å². The summed E-state index contributed by atoms with van der Waals surface area (Å²) in [5.41, 5.74) is 3.60. The van der Waals surface area contributed by atoms with E-state index >= 15 is 0 Å². The highest BCUT2D eigenvalue weighted by Gasteiger charge is 2.22. The van der Waals surface area contributed by atoms with Crippen molar-refractivity contribution < 1.29 is 0 Å². The standard InChI is InChI=1S/C13H17N3/c1-3-12-14-9(2)13-11(15-10-6-7-10)5-4-8-16(12)13/h4-5,8,10,15H,3,6-7H2,1-2H3. The van der Waals surface area contributed by atoms with Gasteiger partial charge >= 0.3 is 0 Å². The maximum atomic E-state index is 4.62. The summed E-state index contributed by atoms with van der Waals surface area (Å²) in [6, 6.07) is 4.94. The summed E-state index contributed by atoms with van der Waals surface area (Å²) in [6.45, 7) is 4.24. The maximum absolute atomic E-state index is 4.62. The minimum absolute atomic E-state index is 0.686. The zero-order valence-electron chi connectivity index (χ0n) is 9.83. The van der Waals surface area contributed by atoms with Crippen LogP contribution in [-0.2, 0) is 6.42 Å². The smallest absolute Gasteiger partial charge is 0.113 e. The van der Waals surface area contributed by atoms with Crippen molar-refractivity contribution in [3.05, 3.63) is 29.8 Å². The lowest BCUT2D eigenvalue weighted by Crippen LogP contribution is -2.03. The highest BCUT2D eigenvalue weighted by Crippen LogP contribution is 2.29. The summed E-state index contributed by atoms with van der Waals surface area (Å²) in [7, 11) is 0. The van der Waals surface area contributed by atoms with E-state index in [9.17, 15) is 0 Å². The molecule has 16 heavy (non-hydrogen) atoms. The number of nitrogens with zero attached hydrogens (tertiary/aromatic N) is 2. The predicted molar refractivity (Wildman–Crippen MR) is 66.0 cm³/mol. The molecule has 1 aliphatic carbocycles. The summed E-state index contributed by atoms with van der Waals surface area (Å²) >= 11 is 0. The van der Waals surface area contributed by atoms with E-state index in [0.717, 1.165) is 17.9 Å². The van der Waals surface area contributed by atoms with E-state index in [-0.39, 0.29) is 0 Å². The van der Waals surface area contributed by atoms with Gasteiger partial charge in [-0.15, -0.1) is 0 Å². The molecule has 3 heteroatoms. The molecular formula is C13H17N3. The molecule has 0 radical (unpaired) electrons. The van der Waals surface area contributed by atoms with Gasteiger partial charge in [-0.1, -0.05) is 6.92 Å². The van der Waals surface area contributed by atoms with Gasteiger partial charge in [0.15, 0.2) is 0 Å². The first-order valence-corrected chi connectivity index (χ1v) is 6.02. The van der Waals surface area contributed by atoms with Crippen LogP contribution >= 0.6 is 0 Å². The molecule has 0 aliphatic heterocycles. The molecule has 0 spiro atoms. The number of nitrogens with one attached hydrogen (secondary N) is 1. The SMILES string of the molecule is CCc1nc(C)c2c(NC3CC3)cccn12. The molecule has 0 aromatic carbocycles. The highest BCUT2D eigenvalue weighted by molar-refractivity contribution is 5.75. The number of anilines is 1. The van der Waals surface area contributed by atoms with Gasteiger partial charge in [-0.3, -0.25) is 0 Å². The van der Waals surface area contributed by atoms with E-state index in [4.69, 9.17) is 0 Å². The second-order valence-corrected chi connectivity index (χ2v) is 4.53. The Morgan fingerprint density at radius 1 is 1.50 bits per heavy atom. The average Bonchev–Trinajstić information content (AvgIpc) is 3.03. The fraction of sp³-hybridized carbons (Fsp3) is 0.462. The molecule has 0 atom stereocenters. The van der Waals surface area contributed by atoms with Crippen molar-refractivity contribution in [2.45, 2.75) is 39.2 Å². The van der Waals surface area contributed by atoms with Gasteiger partial charge in [0, 0.05) is 18.7 Å². The van der Waals surface area contributed by atoms with E-state index in [1.807, 2.05) is 0 Å². The van der Waals surface area contributed by atoms with E-state index < -0.39 is 0 Å². The van der Waals surface area contributed by atoms with Crippen LogP contribution in [0.3, 0.4) is 0 Å². The van der Waals surface area contributed by atoms with E-state index in [2.05, 4.69) is 46.9 Å². The summed E-state index contributed by atoms with van der Waals surface area (Å²) in [5, 5.41) is 3.58. The molecule has 0 unspecified atom stereocenters. The molecule has 2 heterocycles. The quantitative estimate of drug-likeness (QED) is 0.853. The monoisotopic (exact) mass is 215 g/mol. The molecule has 0 saturated heterocycles. The highest BCUT2D eigenvalue weighted by atomic mass is 15.1. The fourth-order valence-corrected chi connectivity index (χ4v) is 2.21. The van der Waals surface area contributed by atoms with Gasteiger partial charge in [0.05, 0.1) is 16.9 Å². The Hall–Kier alpha value is -1.51. The normalized spacial score (nSPS) is 15.6. The van der Waals surface area contributed by atoms with Crippen molar-refractivity contribution in [3.63, 3.8) is 0 Å². The zero-order valence-corrected chi connectivity index (χ0v) is 9.83. The Morgan fingerprint density at radius 2 is 2.31 bits per heavy atom. The van der Waals surface area contributed by atoms with Gasteiger partial charge in [-0.2, -0.15) is 0 Å². The second-order valence-electron chi connectivity index (χ2n) is 4.53. The van der Waals surface area contributed by atoms with E-state index in [1.165, 1.54) is 24.0 Å². The lowest BCUT2D eigenvalue weighted by Gasteiger charge is -2.07. The lowest BCUT2D eigenvalue weighted by molar-refractivity contribution is 0.928. The minimum atomic E-state index is 0.686. The van der Waals surface area contributed by atoms with Gasteiger partial charge in [-0.25, -0.2) is 4.98 Å². The molecule has 1 N–H and O–H groups in total. The van der Waals surface area contributed by atoms with E-state index in [0.29, 0.717) is 6.04 Å². The molecule has 1 aliphatic rings. The largest absolute Gasteiger partial charge is 0.381 e. The van der Waals surface area contributed by atoms with Crippen molar-refractivity contribution >= 4 is 11.2 Å². The summed E-state index contributed by atoms with van der Waals surface area (Å²) in [6.07, 6.45) is 5.68. The van der Waals surface area contributed by atoms with Crippen LogP contribution in [0.15, 0.2) is 18.3 Å². The number of hydrogen-bond acceptors (Lipinski definition) is 2. The molecule has 84 valence electrons. The number of imidazole rings is 1. The summed E-state index contributed by atoms with van der Waals surface area (Å²) in [5.74, 6) is 1.15. The summed E-state index contributed by atoms with van der Waals surface area (Å²) in [4.78, 5) is 4.62. The molecule has 3 rings (SSSR count). The van der Waals surface area contributed by atoms with Crippen LogP contribution in [0, 0.1) is 6.92 Å². The number of aromatic nitrogens is 2. The number of fused-ring (bicyclic) bond motifs is 1. The Morgan fingerprint density at radius 3 is 3.00 bits per heavy atom. The average molecular weight is 215 g/mol. The minimum Gasteiger partial charge on any atom is -0.381 e. The lowest BCUT2D eigenvalue weighted by atomic mass is 10.3. The van der Waals surface area contributed by atoms with Crippen LogP contribution in [-0.4, -0.2) is 15.4 Å². The van der Waals surface area contributed by atoms with Gasteiger partial charge < -0.3 is 9.72 Å². The van der Waals surface area contributed by atoms with Gasteiger partial charge in [-0.05, 0) is 31.9 Å². The molecule has 2 aromatic rings. The van der Waals surface area contributed by atoms with Crippen LogP contribution in [0.2, 0.25) is 0 Å². The van der Waals surface area contributed by atoms with Gasteiger partial charge in [0.25, 0.3) is 0 Å². The maximum Gasteiger partial charge on any atom is 0.113 e. The van der Waals surface area contributed by atoms with Crippen LogP contribution in [0.1, 0.15) is 31.3 Å². The molecular weight excluding hydrogens is 198 g/mol. The Labute approximate surface area is 95.5 Å². The Balaban J connectivity index is 2.16. The van der Waals surface area contributed by atoms with Crippen molar-refractivity contribution in [1.82, 2.24) is 9.38 Å². The second kappa shape index (κ2) is 3.51. The van der Waals surface area contributed by atoms with Crippen molar-refractivity contribution in [1.29, 1.82) is 0 Å².